The molecule has 5 N–H and O–H groups in total. The Morgan fingerprint density at radius 3 is 1.86 bits per heavy atom. The van der Waals surface area contributed by atoms with Crippen molar-refractivity contribution in [1.29, 1.82) is 0 Å². The fourth-order valence-corrected chi connectivity index (χ4v) is 5.49. The summed E-state index contributed by atoms with van der Waals surface area (Å²) in [5, 5.41) is 13.5. The molecule has 3 unspecified atom stereocenters. The standard InChI is InChI=1S/C35H67N2O6P/c1-3-5-7-9-11-13-15-16-17-19-21-23-25-27-29-35(39)37-33(32-43-44(40,41)42-31-30-36)34(38)28-26-24-22-20-18-14-12-10-8-6-4-2/h9,11,15-16,26,28,33-34,38H,3-8,10,12-14,17-25,27,29-32,36H2,1-2H3,(H,37,39)(H,40,41)/b11-9-,16-15-,28-26+. The summed E-state index contributed by atoms with van der Waals surface area (Å²) in [5.41, 5.74) is 5.34. The molecule has 0 rings (SSSR count). The molecule has 0 heterocycles. The van der Waals surface area contributed by atoms with Crippen LogP contribution in [0.1, 0.15) is 149 Å². The number of phosphoric ester groups is 1. The molecule has 0 aromatic carbocycles. The lowest BCUT2D eigenvalue weighted by Gasteiger charge is -2.23. The average Bonchev–Trinajstić information content (AvgIpc) is 3.01. The lowest BCUT2D eigenvalue weighted by Crippen LogP contribution is -2.45. The number of unbranched alkanes of at least 4 members (excludes halogenated alkanes) is 16. The summed E-state index contributed by atoms with van der Waals surface area (Å²) in [5.74, 6) is -0.212. The molecule has 258 valence electrons. The van der Waals surface area contributed by atoms with E-state index in [4.69, 9.17) is 14.8 Å². The molecule has 0 radical (unpaired) electrons. The molecule has 0 saturated carbocycles. The number of hydrogen-bond acceptors (Lipinski definition) is 6. The molecule has 0 aliphatic carbocycles. The number of carbonyl (C=O) groups is 1. The van der Waals surface area contributed by atoms with Crippen molar-refractivity contribution in [2.24, 2.45) is 5.73 Å². The molecular weight excluding hydrogens is 575 g/mol. The van der Waals surface area contributed by atoms with E-state index in [0.717, 1.165) is 64.2 Å². The van der Waals surface area contributed by atoms with Gasteiger partial charge in [0, 0.05) is 13.0 Å². The number of allylic oxidation sites excluding steroid dienone is 5. The van der Waals surface area contributed by atoms with Gasteiger partial charge in [-0.15, -0.1) is 0 Å². The highest BCUT2D eigenvalue weighted by Crippen LogP contribution is 2.43. The summed E-state index contributed by atoms with van der Waals surface area (Å²) in [6.45, 7) is 4.04. The second-order valence-corrected chi connectivity index (χ2v) is 13.2. The molecule has 0 spiro atoms. The van der Waals surface area contributed by atoms with E-state index in [1.165, 1.54) is 64.2 Å². The van der Waals surface area contributed by atoms with Gasteiger partial charge in [0.25, 0.3) is 0 Å². The Kier molecular flexibility index (Phi) is 30.8. The molecule has 44 heavy (non-hydrogen) atoms. The van der Waals surface area contributed by atoms with Gasteiger partial charge >= 0.3 is 7.82 Å². The minimum absolute atomic E-state index is 0.0752. The van der Waals surface area contributed by atoms with Crippen LogP contribution in [-0.4, -0.2) is 47.8 Å². The van der Waals surface area contributed by atoms with Crippen molar-refractivity contribution < 1.29 is 28.4 Å². The van der Waals surface area contributed by atoms with E-state index in [1.807, 2.05) is 6.08 Å². The average molecular weight is 643 g/mol. The van der Waals surface area contributed by atoms with Crippen molar-refractivity contribution in [3.63, 3.8) is 0 Å². The summed E-state index contributed by atoms with van der Waals surface area (Å²) < 4.78 is 22.0. The number of hydrogen-bond donors (Lipinski definition) is 4. The van der Waals surface area contributed by atoms with Gasteiger partial charge in [-0.25, -0.2) is 4.57 Å². The van der Waals surface area contributed by atoms with Crippen LogP contribution in [-0.2, 0) is 18.4 Å². The lowest BCUT2D eigenvalue weighted by molar-refractivity contribution is -0.123. The van der Waals surface area contributed by atoms with Gasteiger partial charge in [0.1, 0.15) is 0 Å². The molecule has 3 atom stereocenters. The third-order valence-corrected chi connectivity index (χ3v) is 8.44. The van der Waals surface area contributed by atoms with Gasteiger partial charge in [-0.2, -0.15) is 0 Å². The fraction of sp³-hybridized carbons (Fsp3) is 0.800. The van der Waals surface area contributed by atoms with Crippen molar-refractivity contribution >= 4 is 13.7 Å². The molecule has 0 aromatic heterocycles. The van der Waals surface area contributed by atoms with E-state index in [0.29, 0.717) is 6.42 Å². The molecule has 9 heteroatoms. The second kappa shape index (κ2) is 31.7. The van der Waals surface area contributed by atoms with Gasteiger partial charge in [-0.05, 0) is 44.9 Å². The van der Waals surface area contributed by atoms with Crippen LogP contribution in [0.25, 0.3) is 0 Å². The number of amides is 1. The highest BCUT2D eigenvalue weighted by Gasteiger charge is 2.26. The third-order valence-electron chi connectivity index (χ3n) is 7.46. The summed E-state index contributed by atoms with van der Waals surface area (Å²) in [6, 6.07) is -0.864. The first-order valence-corrected chi connectivity index (χ1v) is 19.1. The quantitative estimate of drug-likeness (QED) is 0.0328. The van der Waals surface area contributed by atoms with E-state index < -0.39 is 20.0 Å². The number of nitrogens with one attached hydrogen (secondary N) is 1. The highest BCUT2D eigenvalue weighted by atomic mass is 31.2. The van der Waals surface area contributed by atoms with Crippen LogP contribution in [0.2, 0.25) is 0 Å². The number of phosphoric acid groups is 1. The van der Waals surface area contributed by atoms with Crippen molar-refractivity contribution in [3.8, 4) is 0 Å². The SMILES string of the molecule is CCCC/C=C\C/C=C\CCCCCCCC(=O)NC(COP(=O)(O)OCCN)C(O)/C=C/CCCCCCCCCCC. The number of aliphatic hydroxyl groups excluding tert-OH is 1. The molecular formula is C35H67N2O6P. The molecule has 8 nitrogen and oxygen atoms in total. The van der Waals surface area contributed by atoms with Gasteiger partial charge in [-0.1, -0.05) is 134 Å². The predicted molar refractivity (Wildman–Crippen MR) is 184 cm³/mol. The zero-order chi connectivity index (χ0) is 32.6. The van der Waals surface area contributed by atoms with Crippen LogP contribution >= 0.6 is 7.82 Å². The molecule has 0 aliphatic rings. The second-order valence-electron chi connectivity index (χ2n) is 11.7. The minimum atomic E-state index is -4.33. The van der Waals surface area contributed by atoms with Gasteiger partial charge in [0.2, 0.25) is 5.91 Å². The minimum Gasteiger partial charge on any atom is -0.387 e. The third kappa shape index (κ3) is 29.4. The van der Waals surface area contributed by atoms with Crippen molar-refractivity contribution in [3.05, 3.63) is 36.5 Å². The molecule has 0 aliphatic heterocycles. The normalized spacial score (nSPS) is 14.9. The Labute approximate surface area is 269 Å². The van der Waals surface area contributed by atoms with Crippen LogP contribution in [0, 0.1) is 0 Å². The fourth-order valence-electron chi connectivity index (χ4n) is 4.73. The number of aliphatic hydroxyl groups is 1. The summed E-state index contributed by atoms with van der Waals surface area (Å²) in [7, 11) is -4.33. The Hall–Kier alpha value is -1.28. The van der Waals surface area contributed by atoms with Gasteiger partial charge in [-0.3, -0.25) is 13.8 Å². The van der Waals surface area contributed by atoms with Crippen LogP contribution < -0.4 is 11.1 Å². The Bertz CT molecular complexity index is 789. The molecule has 0 fully saturated rings. The zero-order valence-corrected chi connectivity index (χ0v) is 29.0. The van der Waals surface area contributed by atoms with Gasteiger partial charge in [0.15, 0.2) is 0 Å². The molecule has 0 saturated heterocycles. The van der Waals surface area contributed by atoms with Gasteiger partial charge in [0.05, 0.1) is 25.4 Å². The number of carbonyl (C=O) groups excluding carboxylic acids is 1. The Morgan fingerprint density at radius 2 is 1.27 bits per heavy atom. The monoisotopic (exact) mass is 642 g/mol. The summed E-state index contributed by atoms with van der Waals surface area (Å²) in [6.07, 6.45) is 34.7. The maximum absolute atomic E-state index is 12.6. The van der Waals surface area contributed by atoms with Crippen LogP contribution in [0.3, 0.4) is 0 Å². The van der Waals surface area contributed by atoms with Crippen LogP contribution in [0.15, 0.2) is 36.5 Å². The topological polar surface area (TPSA) is 131 Å². The highest BCUT2D eigenvalue weighted by molar-refractivity contribution is 7.47. The van der Waals surface area contributed by atoms with Crippen LogP contribution in [0.4, 0.5) is 0 Å². The van der Waals surface area contributed by atoms with Gasteiger partial charge < -0.3 is 21.1 Å². The Balaban J connectivity index is 4.40. The Morgan fingerprint density at radius 1 is 0.750 bits per heavy atom. The maximum atomic E-state index is 12.6. The summed E-state index contributed by atoms with van der Waals surface area (Å²) >= 11 is 0. The lowest BCUT2D eigenvalue weighted by atomic mass is 10.1. The number of nitrogens with two attached hydrogens (primary N) is 1. The van der Waals surface area contributed by atoms with E-state index >= 15 is 0 Å². The van der Waals surface area contributed by atoms with E-state index in [2.05, 4.69) is 43.5 Å². The predicted octanol–water partition coefficient (Wildman–Crippen LogP) is 8.82. The summed E-state index contributed by atoms with van der Waals surface area (Å²) in [4.78, 5) is 22.5. The largest absolute Gasteiger partial charge is 0.472 e. The van der Waals surface area contributed by atoms with E-state index in [9.17, 15) is 19.4 Å². The first-order chi connectivity index (χ1) is 21.4. The molecule has 1 amide bonds. The number of rotatable bonds is 32. The van der Waals surface area contributed by atoms with Crippen LogP contribution in [0.5, 0.6) is 0 Å². The maximum Gasteiger partial charge on any atom is 0.472 e. The first-order valence-electron chi connectivity index (χ1n) is 17.6. The zero-order valence-electron chi connectivity index (χ0n) is 28.1. The smallest absolute Gasteiger partial charge is 0.387 e. The van der Waals surface area contributed by atoms with Crippen molar-refractivity contribution in [2.45, 2.75) is 161 Å². The molecule has 0 aromatic rings. The van der Waals surface area contributed by atoms with E-state index in [1.54, 1.807) is 6.08 Å². The van der Waals surface area contributed by atoms with Crippen molar-refractivity contribution in [2.75, 3.05) is 19.8 Å². The van der Waals surface area contributed by atoms with E-state index in [-0.39, 0.29) is 25.7 Å². The molecule has 0 bridgehead atoms. The first kappa shape index (κ1) is 42.7. The van der Waals surface area contributed by atoms with Crippen molar-refractivity contribution in [1.82, 2.24) is 5.32 Å².